The molecular formula is C17H20ClN3O. The maximum Gasteiger partial charge on any atom is 0.287 e. The number of rotatable bonds is 4. The number of anilines is 1. The summed E-state index contributed by atoms with van der Waals surface area (Å²) in [7, 11) is 0. The van der Waals surface area contributed by atoms with Gasteiger partial charge in [0.25, 0.3) is 5.56 Å². The molecule has 22 heavy (non-hydrogen) atoms. The maximum absolute atomic E-state index is 12.4. The Morgan fingerprint density at radius 1 is 1.18 bits per heavy atom. The summed E-state index contributed by atoms with van der Waals surface area (Å²) < 4.78 is 1.41. The second kappa shape index (κ2) is 6.97. The first-order chi connectivity index (χ1) is 10.7. The lowest BCUT2D eigenvalue weighted by atomic mass is 9.95. The maximum atomic E-state index is 12.4. The minimum atomic E-state index is -0.244. The minimum absolute atomic E-state index is 0.233. The van der Waals surface area contributed by atoms with Crippen LogP contribution in [-0.4, -0.2) is 15.8 Å². The van der Waals surface area contributed by atoms with E-state index in [1.54, 1.807) is 6.20 Å². The molecule has 0 radical (unpaired) electrons. The van der Waals surface area contributed by atoms with Gasteiger partial charge in [-0.2, -0.15) is 5.10 Å². The Morgan fingerprint density at radius 2 is 1.91 bits per heavy atom. The first kappa shape index (κ1) is 15.1. The van der Waals surface area contributed by atoms with E-state index in [0.717, 1.165) is 18.4 Å². The first-order valence-electron chi connectivity index (χ1n) is 7.80. The van der Waals surface area contributed by atoms with Gasteiger partial charge < -0.3 is 5.32 Å². The molecule has 0 atom stereocenters. The lowest BCUT2D eigenvalue weighted by molar-refractivity contribution is 0.462. The predicted octanol–water partition coefficient (Wildman–Crippen LogP) is 3.69. The number of aromatic nitrogens is 2. The summed E-state index contributed by atoms with van der Waals surface area (Å²) in [5.41, 5.74) is 1.44. The van der Waals surface area contributed by atoms with E-state index in [4.69, 9.17) is 11.6 Å². The third kappa shape index (κ3) is 3.50. The van der Waals surface area contributed by atoms with Crippen LogP contribution in [0.4, 0.5) is 5.69 Å². The monoisotopic (exact) mass is 317 g/mol. The molecule has 2 aromatic rings. The minimum Gasteiger partial charge on any atom is -0.380 e. The van der Waals surface area contributed by atoms with Gasteiger partial charge in [0, 0.05) is 6.04 Å². The van der Waals surface area contributed by atoms with Crippen molar-refractivity contribution in [3.8, 4) is 0 Å². The SMILES string of the molecule is O=c1c(Cl)c(NC2CCCCC2)cnn1Cc1ccccc1. The summed E-state index contributed by atoms with van der Waals surface area (Å²) in [6.07, 6.45) is 7.68. The Bertz CT molecular complexity index is 678. The smallest absolute Gasteiger partial charge is 0.287 e. The van der Waals surface area contributed by atoms with E-state index in [2.05, 4.69) is 10.4 Å². The predicted molar refractivity (Wildman–Crippen MR) is 89.5 cm³/mol. The Hall–Kier alpha value is -1.81. The highest BCUT2D eigenvalue weighted by Gasteiger charge is 2.16. The van der Waals surface area contributed by atoms with Gasteiger partial charge in [-0.25, -0.2) is 4.68 Å². The summed E-state index contributed by atoms with van der Waals surface area (Å²) in [6.45, 7) is 0.434. The number of benzene rings is 1. The van der Waals surface area contributed by atoms with Crippen molar-refractivity contribution in [3.63, 3.8) is 0 Å². The van der Waals surface area contributed by atoms with E-state index in [0.29, 0.717) is 18.3 Å². The molecule has 1 fully saturated rings. The van der Waals surface area contributed by atoms with Gasteiger partial charge in [0.05, 0.1) is 18.4 Å². The van der Waals surface area contributed by atoms with Crippen LogP contribution in [-0.2, 0) is 6.54 Å². The number of halogens is 1. The standard InChI is InChI=1S/C17H20ClN3O/c18-16-15(20-14-9-5-2-6-10-14)11-19-21(17(16)22)12-13-7-3-1-4-8-13/h1,3-4,7-8,11,14,20H,2,5-6,9-10,12H2. The summed E-state index contributed by atoms with van der Waals surface area (Å²) in [5, 5.41) is 7.86. The van der Waals surface area contributed by atoms with Crippen molar-refractivity contribution in [2.75, 3.05) is 5.32 Å². The second-order valence-electron chi connectivity index (χ2n) is 5.80. The molecule has 1 saturated carbocycles. The van der Waals surface area contributed by atoms with Crippen LogP contribution in [0.2, 0.25) is 5.02 Å². The molecule has 1 heterocycles. The molecule has 0 unspecified atom stereocenters. The quantitative estimate of drug-likeness (QED) is 0.935. The van der Waals surface area contributed by atoms with E-state index >= 15 is 0 Å². The first-order valence-corrected chi connectivity index (χ1v) is 8.18. The number of hydrogen-bond donors (Lipinski definition) is 1. The largest absolute Gasteiger partial charge is 0.380 e. The Balaban J connectivity index is 1.77. The van der Waals surface area contributed by atoms with Crippen molar-refractivity contribution < 1.29 is 0 Å². The van der Waals surface area contributed by atoms with Crippen molar-refractivity contribution in [2.45, 2.75) is 44.7 Å². The average molecular weight is 318 g/mol. The zero-order chi connectivity index (χ0) is 15.4. The zero-order valence-corrected chi connectivity index (χ0v) is 13.2. The van der Waals surface area contributed by atoms with E-state index in [1.165, 1.54) is 23.9 Å². The molecule has 116 valence electrons. The molecule has 0 aliphatic heterocycles. The highest BCUT2D eigenvalue weighted by atomic mass is 35.5. The van der Waals surface area contributed by atoms with Gasteiger partial charge in [0.1, 0.15) is 5.02 Å². The lowest BCUT2D eigenvalue weighted by Crippen LogP contribution is -2.28. The molecule has 3 rings (SSSR count). The molecule has 1 N–H and O–H groups in total. The molecule has 1 aromatic carbocycles. The fourth-order valence-corrected chi connectivity index (χ4v) is 3.10. The van der Waals surface area contributed by atoms with Crippen molar-refractivity contribution >= 4 is 17.3 Å². The Morgan fingerprint density at radius 3 is 2.64 bits per heavy atom. The molecule has 0 bridgehead atoms. The fraction of sp³-hybridized carbons (Fsp3) is 0.412. The average Bonchev–Trinajstić information content (AvgIpc) is 2.56. The molecule has 4 nitrogen and oxygen atoms in total. The van der Waals surface area contributed by atoms with Crippen LogP contribution in [0.15, 0.2) is 41.3 Å². The molecular weight excluding hydrogens is 298 g/mol. The van der Waals surface area contributed by atoms with E-state index < -0.39 is 0 Å². The zero-order valence-electron chi connectivity index (χ0n) is 12.5. The van der Waals surface area contributed by atoms with Crippen molar-refractivity contribution in [3.05, 3.63) is 57.5 Å². The van der Waals surface area contributed by atoms with Crippen molar-refractivity contribution in [1.29, 1.82) is 0 Å². The second-order valence-corrected chi connectivity index (χ2v) is 6.18. The van der Waals surface area contributed by atoms with Gasteiger partial charge in [-0.15, -0.1) is 0 Å². The van der Waals surface area contributed by atoms with Crippen LogP contribution in [0.25, 0.3) is 0 Å². The molecule has 1 aliphatic carbocycles. The summed E-state index contributed by atoms with van der Waals surface area (Å²) in [4.78, 5) is 12.4. The Kier molecular flexibility index (Phi) is 4.78. The number of hydrogen-bond acceptors (Lipinski definition) is 3. The highest BCUT2D eigenvalue weighted by Crippen LogP contribution is 2.24. The van der Waals surface area contributed by atoms with Gasteiger partial charge in [-0.1, -0.05) is 61.2 Å². The highest BCUT2D eigenvalue weighted by molar-refractivity contribution is 6.32. The van der Waals surface area contributed by atoms with E-state index in [9.17, 15) is 4.79 Å². The van der Waals surface area contributed by atoms with Gasteiger partial charge in [0.15, 0.2) is 0 Å². The van der Waals surface area contributed by atoms with Gasteiger partial charge in [-0.05, 0) is 18.4 Å². The van der Waals surface area contributed by atoms with Crippen LogP contribution >= 0.6 is 11.6 Å². The summed E-state index contributed by atoms with van der Waals surface area (Å²) in [5.74, 6) is 0. The van der Waals surface area contributed by atoms with E-state index in [-0.39, 0.29) is 10.6 Å². The molecule has 1 aromatic heterocycles. The summed E-state index contributed by atoms with van der Waals surface area (Å²) >= 11 is 6.25. The van der Waals surface area contributed by atoms with Crippen LogP contribution in [0.1, 0.15) is 37.7 Å². The van der Waals surface area contributed by atoms with E-state index in [1.807, 2.05) is 30.3 Å². The third-order valence-electron chi connectivity index (χ3n) is 4.12. The normalized spacial score (nSPS) is 15.7. The van der Waals surface area contributed by atoms with Crippen LogP contribution in [0.3, 0.4) is 0 Å². The van der Waals surface area contributed by atoms with Crippen LogP contribution in [0, 0.1) is 0 Å². The molecule has 1 aliphatic rings. The van der Waals surface area contributed by atoms with Crippen molar-refractivity contribution in [1.82, 2.24) is 9.78 Å². The van der Waals surface area contributed by atoms with Crippen molar-refractivity contribution in [2.24, 2.45) is 0 Å². The van der Waals surface area contributed by atoms with Crippen LogP contribution in [0.5, 0.6) is 0 Å². The lowest BCUT2D eigenvalue weighted by Gasteiger charge is -2.24. The third-order valence-corrected chi connectivity index (χ3v) is 4.49. The molecule has 5 heteroatoms. The van der Waals surface area contributed by atoms with Crippen LogP contribution < -0.4 is 10.9 Å². The molecule has 0 amide bonds. The molecule has 0 spiro atoms. The van der Waals surface area contributed by atoms with Gasteiger partial charge in [-0.3, -0.25) is 4.79 Å². The topological polar surface area (TPSA) is 46.9 Å². The van der Waals surface area contributed by atoms with Gasteiger partial charge in [0.2, 0.25) is 0 Å². The number of nitrogens with zero attached hydrogens (tertiary/aromatic N) is 2. The molecule has 0 saturated heterocycles. The summed E-state index contributed by atoms with van der Waals surface area (Å²) in [6, 6.07) is 10.2. The number of nitrogens with one attached hydrogen (secondary N) is 1. The Labute approximate surface area is 135 Å². The fourth-order valence-electron chi connectivity index (χ4n) is 2.90. The van der Waals surface area contributed by atoms with Gasteiger partial charge >= 0.3 is 0 Å².